The molecular weight excluding hydrogens is 596 g/mol. The lowest BCUT2D eigenvalue weighted by Crippen LogP contribution is -2.49. The van der Waals surface area contributed by atoms with Crippen LogP contribution in [0.2, 0.25) is 5.02 Å². The number of rotatable bonds is 9. The van der Waals surface area contributed by atoms with E-state index in [0.29, 0.717) is 43.2 Å². The van der Waals surface area contributed by atoms with E-state index in [9.17, 15) is 19.8 Å². The van der Waals surface area contributed by atoms with Crippen LogP contribution in [0.4, 0.5) is 5.69 Å². The van der Waals surface area contributed by atoms with Gasteiger partial charge in [0.1, 0.15) is 0 Å². The number of halogens is 1. The van der Waals surface area contributed by atoms with Gasteiger partial charge in [-0.3, -0.25) is 9.59 Å². The summed E-state index contributed by atoms with van der Waals surface area (Å²) in [6.45, 7) is 6.91. The fourth-order valence-electron chi connectivity index (χ4n) is 6.05. The molecule has 45 heavy (non-hydrogen) atoms. The molecule has 0 spiro atoms. The quantitative estimate of drug-likeness (QED) is 0.264. The molecule has 2 aliphatic rings. The van der Waals surface area contributed by atoms with Crippen molar-refractivity contribution in [3.8, 4) is 0 Å². The summed E-state index contributed by atoms with van der Waals surface area (Å²) >= 11 is 6.07. The van der Waals surface area contributed by atoms with Crippen molar-refractivity contribution >= 4 is 29.2 Å². The van der Waals surface area contributed by atoms with Gasteiger partial charge in [-0.2, -0.15) is 0 Å². The first-order chi connectivity index (χ1) is 21.5. The number of ether oxygens (including phenoxy) is 3. The zero-order valence-electron chi connectivity index (χ0n) is 25.8. The number of likely N-dealkylation sites (tertiary alicyclic amines) is 1. The third-order valence-electron chi connectivity index (χ3n) is 8.76. The second-order valence-electron chi connectivity index (χ2n) is 12.0. The molecule has 3 aromatic rings. The molecule has 0 aliphatic carbocycles. The number of hydrogen-bond acceptors (Lipinski definition) is 8. The Balaban J connectivity index is 1.33. The van der Waals surface area contributed by atoms with Crippen LogP contribution < -0.4 is 5.32 Å². The van der Waals surface area contributed by atoms with Gasteiger partial charge in [0.25, 0.3) is 5.91 Å². The van der Waals surface area contributed by atoms with Crippen molar-refractivity contribution in [2.45, 2.75) is 70.4 Å². The number of carbonyl (C=O) groups excluding carboxylic acids is 2. The van der Waals surface area contributed by atoms with Crippen LogP contribution in [-0.2, 0) is 36.0 Å². The number of benzene rings is 3. The Hall–Kier alpha value is -3.31. The van der Waals surface area contributed by atoms with E-state index in [4.69, 9.17) is 25.8 Å². The molecule has 2 saturated heterocycles. The molecule has 10 heteroatoms. The van der Waals surface area contributed by atoms with E-state index >= 15 is 0 Å². The van der Waals surface area contributed by atoms with Crippen molar-refractivity contribution < 1.29 is 34.0 Å². The van der Waals surface area contributed by atoms with E-state index in [2.05, 4.69) is 17.1 Å². The third-order valence-corrected chi connectivity index (χ3v) is 9.02. The molecule has 2 heterocycles. The van der Waals surface area contributed by atoms with Gasteiger partial charge in [-0.1, -0.05) is 67.1 Å². The normalized spacial score (nSPS) is 24.0. The average Bonchev–Trinajstić information content (AvgIpc) is 3.03. The minimum Gasteiger partial charge on any atom is -0.453 e. The van der Waals surface area contributed by atoms with E-state index in [1.54, 1.807) is 12.1 Å². The van der Waals surface area contributed by atoms with Gasteiger partial charge in [0.2, 0.25) is 0 Å². The summed E-state index contributed by atoms with van der Waals surface area (Å²) in [6, 6.07) is 22.4. The fraction of sp³-hybridized carbons (Fsp3) is 0.429. The molecule has 2 aliphatic heterocycles. The van der Waals surface area contributed by atoms with Gasteiger partial charge in [-0.05, 0) is 60.7 Å². The highest BCUT2D eigenvalue weighted by molar-refractivity contribution is 6.30. The minimum atomic E-state index is -0.938. The van der Waals surface area contributed by atoms with Crippen LogP contribution in [0.15, 0.2) is 72.8 Å². The smallest absolute Gasteiger partial charge is 0.303 e. The van der Waals surface area contributed by atoms with Gasteiger partial charge in [0.15, 0.2) is 12.4 Å². The minimum absolute atomic E-state index is 0.00855. The molecule has 0 aromatic heterocycles. The molecule has 5 atom stereocenters. The number of piperidine rings is 1. The van der Waals surface area contributed by atoms with Crippen molar-refractivity contribution in [1.82, 2.24) is 4.90 Å². The van der Waals surface area contributed by atoms with Crippen LogP contribution in [0.3, 0.4) is 0 Å². The van der Waals surface area contributed by atoms with Crippen molar-refractivity contribution in [3.05, 3.63) is 100 Å². The average molecular weight is 637 g/mol. The van der Waals surface area contributed by atoms with Gasteiger partial charge < -0.3 is 34.6 Å². The Bertz CT molecular complexity index is 1460. The molecule has 0 saturated carbocycles. The van der Waals surface area contributed by atoms with Crippen molar-refractivity contribution in [2.24, 2.45) is 5.92 Å². The molecule has 5 rings (SSSR count). The third kappa shape index (κ3) is 8.10. The number of nitrogens with zero attached hydrogens (tertiary/aromatic N) is 1. The second-order valence-corrected chi connectivity index (χ2v) is 12.5. The van der Waals surface area contributed by atoms with Crippen LogP contribution in [0.5, 0.6) is 0 Å². The zero-order chi connectivity index (χ0) is 32.1. The molecular formula is C35H41ClN2O7. The number of hydrogen-bond donors (Lipinski definition) is 3. The molecule has 9 nitrogen and oxygen atoms in total. The van der Waals surface area contributed by atoms with E-state index in [1.807, 2.05) is 60.7 Å². The highest BCUT2D eigenvalue weighted by atomic mass is 35.5. The summed E-state index contributed by atoms with van der Waals surface area (Å²) in [5.74, 6) is -0.979. The van der Waals surface area contributed by atoms with Crippen molar-refractivity contribution in [1.29, 1.82) is 0 Å². The van der Waals surface area contributed by atoms with Gasteiger partial charge in [0.05, 0.1) is 24.4 Å². The molecule has 3 N–H and O–H groups in total. The number of aliphatic hydroxyl groups is 2. The maximum Gasteiger partial charge on any atom is 0.303 e. The Labute approximate surface area is 269 Å². The molecule has 3 aromatic carbocycles. The fourth-order valence-corrected chi connectivity index (χ4v) is 6.17. The van der Waals surface area contributed by atoms with Crippen LogP contribution in [-0.4, -0.2) is 58.8 Å². The topological polar surface area (TPSA) is 118 Å². The first kappa shape index (κ1) is 33.1. The Morgan fingerprint density at radius 3 is 2.38 bits per heavy atom. The van der Waals surface area contributed by atoms with Crippen LogP contribution in [0.25, 0.3) is 0 Å². The van der Waals surface area contributed by atoms with Gasteiger partial charge >= 0.3 is 5.97 Å². The summed E-state index contributed by atoms with van der Waals surface area (Å²) in [5, 5.41) is 24.4. The lowest BCUT2D eigenvalue weighted by molar-refractivity contribution is -0.277. The monoisotopic (exact) mass is 636 g/mol. The summed E-state index contributed by atoms with van der Waals surface area (Å²) in [4.78, 5) is 26.2. The zero-order valence-corrected chi connectivity index (χ0v) is 26.6. The summed E-state index contributed by atoms with van der Waals surface area (Å²) in [5.41, 5.74) is 3.04. The number of esters is 1. The number of aliphatic hydroxyl groups excluding tert-OH is 1. The second kappa shape index (κ2) is 14.4. The lowest BCUT2D eigenvalue weighted by atomic mass is 9.84. The first-order valence-electron chi connectivity index (χ1n) is 15.3. The Kier molecular flexibility index (Phi) is 10.6. The van der Waals surface area contributed by atoms with E-state index in [-0.39, 0.29) is 24.7 Å². The first-order valence-corrected chi connectivity index (χ1v) is 15.7. The van der Waals surface area contributed by atoms with E-state index < -0.39 is 29.9 Å². The molecule has 1 amide bonds. The largest absolute Gasteiger partial charge is 0.453 e. The summed E-state index contributed by atoms with van der Waals surface area (Å²) in [7, 11) is 0. The number of carbonyl (C=O) groups is 2. The maximum atomic E-state index is 12.6. The molecule has 240 valence electrons. The summed E-state index contributed by atoms with van der Waals surface area (Å²) in [6.07, 6.45) is -0.960. The van der Waals surface area contributed by atoms with Gasteiger partial charge in [-0.25, -0.2) is 0 Å². The highest BCUT2D eigenvalue weighted by Crippen LogP contribution is 2.43. The van der Waals surface area contributed by atoms with Crippen LogP contribution in [0, 0.1) is 5.92 Å². The number of amides is 1. The molecule has 0 radical (unpaired) electrons. The Morgan fingerprint density at radius 1 is 1.04 bits per heavy atom. The highest BCUT2D eigenvalue weighted by Gasteiger charge is 2.41. The van der Waals surface area contributed by atoms with Gasteiger partial charge in [0, 0.05) is 48.7 Å². The molecule has 0 unspecified atom stereocenters. The predicted molar refractivity (Wildman–Crippen MR) is 170 cm³/mol. The van der Waals surface area contributed by atoms with E-state index in [1.165, 1.54) is 13.8 Å². The van der Waals surface area contributed by atoms with Gasteiger partial charge in [-0.15, -0.1) is 0 Å². The number of anilines is 1. The van der Waals surface area contributed by atoms with Crippen LogP contribution in [0.1, 0.15) is 68.3 Å². The van der Waals surface area contributed by atoms with E-state index in [0.717, 1.165) is 22.3 Å². The SMILES string of the molecule is CC(=O)O[C@@H](C)C(=O)Nc1cccc([C@H]2O[C@@H](CN3CCC(O)(c4ccc(Cl)cc4)CC3)[C@@H](C)[C@@H](c3ccc(CO)cc3)O2)c1. The van der Waals surface area contributed by atoms with Crippen molar-refractivity contribution in [3.63, 3.8) is 0 Å². The Morgan fingerprint density at radius 2 is 1.73 bits per heavy atom. The molecule has 2 fully saturated rings. The molecule has 0 bridgehead atoms. The van der Waals surface area contributed by atoms with Crippen LogP contribution >= 0.6 is 11.6 Å². The lowest BCUT2D eigenvalue weighted by Gasteiger charge is -2.45. The predicted octanol–water partition coefficient (Wildman–Crippen LogP) is 5.50. The maximum absolute atomic E-state index is 12.6. The number of nitrogens with one attached hydrogen (secondary N) is 1. The summed E-state index contributed by atoms with van der Waals surface area (Å²) < 4.78 is 18.2. The van der Waals surface area contributed by atoms with Crippen molar-refractivity contribution in [2.75, 3.05) is 25.0 Å². The standard InChI is InChI=1S/C35H41ClN2O7/c1-22-31(20-38-17-15-35(42,16-18-38)28-11-13-29(36)14-12-28)44-34(45-32(22)26-9-7-25(21-39)8-10-26)27-5-4-6-30(19-27)37-33(41)23(2)43-24(3)40/h4-14,19,22-23,31-32,34,39,42H,15-18,20-21H2,1-3H3,(H,37,41)/t22-,23+,31+,32+,34+/m1/s1.